The normalized spacial score (nSPS) is 12.0. The predicted octanol–water partition coefficient (Wildman–Crippen LogP) is 2.75. The van der Waals surface area contributed by atoms with Crippen LogP contribution >= 0.6 is 23.7 Å². The summed E-state index contributed by atoms with van der Waals surface area (Å²) in [5.41, 5.74) is 0. The molecule has 0 radical (unpaired) electrons. The topological polar surface area (TPSA) is 0 Å². The molecule has 0 unspecified atom stereocenters. The zero-order chi connectivity index (χ0) is 6.62. The van der Waals surface area contributed by atoms with Crippen molar-refractivity contribution in [2.24, 2.45) is 0 Å². The van der Waals surface area contributed by atoms with Crippen molar-refractivity contribution < 1.29 is 0 Å². The van der Waals surface area contributed by atoms with Gasteiger partial charge in [-0.2, -0.15) is 23.7 Å². The van der Waals surface area contributed by atoms with Gasteiger partial charge in [0.05, 0.1) is 0 Å². The lowest BCUT2D eigenvalue weighted by molar-refractivity contribution is 1.08. The smallest absolute Gasteiger partial charge is 0.150 e. The van der Waals surface area contributed by atoms with Gasteiger partial charge < -0.3 is 0 Å². The molecule has 0 fully saturated rings. The van der Waals surface area contributed by atoms with Crippen molar-refractivity contribution in [3.8, 4) is 0 Å². The van der Waals surface area contributed by atoms with E-state index >= 15 is 0 Å². The van der Waals surface area contributed by atoms with Crippen molar-refractivity contribution >= 4 is 31.1 Å². The van der Waals surface area contributed by atoms with E-state index in [0.29, 0.717) is 0 Å². The van der Waals surface area contributed by atoms with Gasteiger partial charge in [0.25, 0.3) is 0 Å². The summed E-state index contributed by atoms with van der Waals surface area (Å²) >= 11 is 10.1. The Morgan fingerprint density at radius 3 is 2.12 bits per heavy atom. The molecule has 0 rings (SSSR count). The fraction of sp³-hybridized carbons (Fsp3) is 1.00. The fourth-order valence-corrected chi connectivity index (χ4v) is 2.37. The van der Waals surface area contributed by atoms with Crippen LogP contribution in [0.2, 0.25) is 19.1 Å². The molecule has 3 heteroatoms. The number of hydrogen-bond donors (Lipinski definition) is 1. The monoisotopic (exact) mass is 168 g/mol. The van der Waals surface area contributed by atoms with E-state index in [-0.39, 0.29) is 0 Å². The molecule has 0 N–H and O–H groups in total. The molecule has 0 heterocycles. The molecule has 50 valence electrons. The highest BCUT2D eigenvalue weighted by Gasteiger charge is 2.14. The molecule has 0 saturated carbocycles. The van der Waals surface area contributed by atoms with Gasteiger partial charge in [0.1, 0.15) is 0 Å². The minimum absolute atomic E-state index is 0.975. The van der Waals surface area contributed by atoms with Crippen molar-refractivity contribution in [2.45, 2.75) is 25.6 Å². The Kier molecular flexibility index (Phi) is 4.21. The summed E-state index contributed by atoms with van der Waals surface area (Å²) < 4.78 is 0. The number of thiol groups is 1. The summed E-state index contributed by atoms with van der Waals surface area (Å²) in [6.45, 7) is 4.33. The van der Waals surface area contributed by atoms with Crippen molar-refractivity contribution in [3.05, 3.63) is 0 Å². The van der Waals surface area contributed by atoms with E-state index in [1.807, 2.05) is 0 Å². The molecule has 0 nitrogen and oxygen atoms in total. The maximum atomic E-state index is 6.02. The van der Waals surface area contributed by atoms with E-state index in [4.69, 9.17) is 11.1 Å². The van der Waals surface area contributed by atoms with Gasteiger partial charge in [0.2, 0.25) is 0 Å². The van der Waals surface area contributed by atoms with Crippen molar-refractivity contribution in [2.75, 3.05) is 5.75 Å². The van der Waals surface area contributed by atoms with Crippen molar-refractivity contribution in [1.29, 1.82) is 0 Å². The zero-order valence-electron chi connectivity index (χ0n) is 5.45. The Hall–Kier alpha value is 0.857. The van der Waals surface area contributed by atoms with Crippen LogP contribution in [0.1, 0.15) is 6.42 Å². The summed E-state index contributed by atoms with van der Waals surface area (Å²) in [4.78, 5) is 0. The highest BCUT2D eigenvalue weighted by atomic mass is 35.6. The van der Waals surface area contributed by atoms with Crippen molar-refractivity contribution in [1.82, 2.24) is 0 Å². The molecule has 0 aliphatic carbocycles. The Bertz CT molecular complexity index is 59.9. The van der Waals surface area contributed by atoms with Gasteiger partial charge in [-0.15, -0.1) is 0 Å². The fourth-order valence-electron chi connectivity index (χ4n) is 0.499. The van der Waals surface area contributed by atoms with Crippen LogP contribution in [0.15, 0.2) is 0 Å². The molecule has 0 aromatic carbocycles. The number of halogens is 1. The lowest BCUT2D eigenvalue weighted by atomic mass is 10.6. The zero-order valence-corrected chi connectivity index (χ0v) is 8.10. The maximum absolute atomic E-state index is 6.02. The maximum Gasteiger partial charge on any atom is 0.150 e. The lowest BCUT2D eigenvalue weighted by Gasteiger charge is -2.09. The Morgan fingerprint density at radius 1 is 1.50 bits per heavy atom. The van der Waals surface area contributed by atoms with Gasteiger partial charge in [-0.05, 0) is 18.2 Å². The van der Waals surface area contributed by atoms with Gasteiger partial charge in [-0.1, -0.05) is 13.1 Å². The molecule has 0 aliphatic rings. The molecular weight excluding hydrogens is 156 g/mol. The van der Waals surface area contributed by atoms with E-state index in [0.717, 1.165) is 5.75 Å². The first-order valence-electron chi connectivity index (χ1n) is 2.86. The second-order valence-electron chi connectivity index (χ2n) is 2.55. The second-order valence-corrected chi connectivity index (χ2v) is 10.0. The molecule has 0 aromatic heterocycles. The van der Waals surface area contributed by atoms with Crippen LogP contribution < -0.4 is 0 Å². The minimum atomic E-state index is -1.25. The first kappa shape index (κ1) is 8.86. The van der Waals surface area contributed by atoms with Gasteiger partial charge in [0, 0.05) is 0 Å². The van der Waals surface area contributed by atoms with E-state index < -0.39 is 7.38 Å². The first-order valence-corrected chi connectivity index (χ1v) is 7.71. The van der Waals surface area contributed by atoms with E-state index in [1.54, 1.807) is 0 Å². The predicted molar refractivity (Wildman–Crippen MR) is 46.6 cm³/mol. The molecule has 0 spiro atoms. The third-order valence-corrected chi connectivity index (χ3v) is 3.36. The molecule has 0 atom stereocenters. The standard InChI is InChI=1S/C5H13ClSSi/c1-8(2,6)5-3-4-7/h7H,3-5H2,1-2H3. The molecule has 0 aromatic rings. The van der Waals surface area contributed by atoms with Gasteiger partial charge in [-0.3, -0.25) is 0 Å². The van der Waals surface area contributed by atoms with E-state index in [9.17, 15) is 0 Å². The number of hydrogen-bond acceptors (Lipinski definition) is 1. The quantitative estimate of drug-likeness (QED) is 0.374. The molecule has 0 saturated heterocycles. The van der Waals surface area contributed by atoms with Crippen LogP contribution in [0.3, 0.4) is 0 Å². The Labute approximate surface area is 62.7 Å². The van der Waals surface area contributed by atoms with Gasteiger partial charge in [0.15, 0.2) is 7.38 Å². The first-order chi connectivity index (χ1) is 3.56. The Balaban J connectivity index is 3.11. The molecule has 0 amide bonds. The summed E-state index contributed by atoms with van der Waals surface area (Å²) in [6.07, 6.45) is 1.17. The molecular formula is C5H13ClSSi. The minimum Gasteiger partial charge on any atom is -0.179 e. The number of rotatable bonds is 3. The Morgan fingerprint density at radius 2 is 2.00 bits per heavy atom. The van der Waals surface area contributed by atoms with Crippen LogP contribution in [0.5, 0.6) is 0 Å². The average molecular weight is 169 g/mol. The third-order valence-electron chi connectivity index (χ3n) is 0.929. The molecule has 0 bridgehead atoms. The van der Waals surface area contributed by atoms with Gasteiger partial charge in [-0.25, -0.2) is 0 Å². The van der Waals surface area contributed by atoms with Gasteiger partial charge >= 0.3 is 0 Å². The highest BCUT2D eigenvalue weighted by molar-refractivity contribution is 7.80. The van der Waals surface area contributed by atoms with Crippen LogP contribution in [0.4, 0.5) is 0 Å². The van der Waals surface area contributed by atoms with Crippen LogP contribution in [-0.4, -0.2) is 13.1 Å². The summed E-state index contributed by atoms with van der Waals surface area (Å²) in [5, 5.41) is 0. The third kappa shape index (κ3) is 6.86. The van der Waals surface area contributed by atoms with Crippen LogP contribution in [-0.2, 0) is 0 Å². The SMILES string of the molecule is C[Si](C)(Cl)CCCS. The largest absolute Gasteiger partial charge is 0.179 e. The van der Waals surface area contributed by atoms with E-state index in [1.165, 1.54) is 12.5 Å². The lowest BCUT2D eigenvalue weighted by Crippen LogP contribution is -2.15. The summed E-state index contributed by atoms with van der Waals surface area (Å²) in [5.74, 6) is 0.975. The molecule has 8 heavy (non-hydrogen) atoms. The van der Waals surface area contributed by atoms with Crippen LogP contribution in [0.25, 0.3) is 0 Å². The van der Waals surface area contributed by atoms with Crippen LogP contribution in [0, 0.1) is 0 Å². The average Bonchev–Trinajstić information content (AvgIpc) is 1.59. The van der Waals surface area contributed by atoms with E-state index in [2.05, 4.69) is 25.7 Å². The summed E-state index contributed by atoms with van der Waals surface area (Å²) in [7, 11) is -1.25. The molecule has 0 aliphatic heterocycles. The summed E-state index contributed by atoms with van der Waals surface area (Å²) in [6, 6.07) is 1.19. The van der Waals surface area contributed by atoms with Crippen molar-refractivity contribution in [3.63, 3.8) is 0 Å². The second kappa shape index (κ2) is 3.80. The highest BCUT2D eigenvalue weighted by Crippen LogP contribution is 2.15.